The maximum absolute atomic E-state index is 13.3. The van der Waals surface area contributed by atoms with Crippen LogP contribution >= 0.6 is 0 Å². The largest absolute Gasteiger partial charge is 0.490 e. The lowest BCUT2D eigenvalue weighted by molar-refractivity contribution is 0.0979. The fourth-order valence-corrected chi connectivity index (χ4v) is 3.80. The molecule has 0 unspecified atom stereocenters. The average molecular weight is 373 g/mol. The number of hydrogen-bond acceptors (Lipinski definition) is 4. The van der Waals surface area contributed by atoms with Gasteiger partial charge in [0.05, 0.1) is 16.6 Å². The fraction of sp³-hybridized carbons (Fsp3) is 0.350. The first-order valence-electron chi connectivity index (χ1n) is 8.68. The Bertz CT molecular complexity index is 935. The number of sulfone groups is 1. The molecule has 1 aliphatic rings. The number of anilines is 1. The molecule has 0 atom stereocenters. The number of rotatable bonds is 4. The first-order chi connectivity index (χ1) is 12.3. The van der Waals surface area contributed by atoms with Gasteiger partial charge in [-0.15, -0.1) is 0 Å². The molecule has 0 N–H and O–H groups in total. The van der Waals surface area contributed by atoms with Crippen molar-refractivity contribution in [3.8, 4) is 5.75 Å². The summed E-state index contributed by atoms with van der Waals surface area (Å²) in [4.78, 5) is 15.1. The van der Waals surface area contributed by atoms with Crippen molar-refractivity contribution in [1.29, 1.82) is 0 Å². The highest BCUT2D eigenvalue weighted by molar-refractivity contribution is 7.90. The summed E-state index contributed by atoms with van der Waals surface area (Å²) in [7, 11) is -3.42. The van der Waals surface area contributed by atoms with Gasteiger partial charge in [0.15, 0.2) is 9.84 Å². The highest BCUT2D eigenvalue weighted by atomic mass is 32.2. The summed E-state index contributed by atoms with van der Waals surface area (Å²) in [6.45, 7) is 4.34. The minimum absolute atomic E-state index is 0.113. The number of nitrogens with zero attached hydrogens (tertiary/aromatic N) is 1. The van der Waals surface area contributed by atoms with Crippen molar-refractivity contribution in [2.24, 2.45) is 0 Å². The summed E-state index contributed by atoms with van der Waals surface area (Å²) in [6.07, 6.45) is 2.81. The predicted octanol–water partition coefficient (Wildman–Crippen LogP) is 3.47. The third-order valence-electron chi connectivity index (χ3n) is 4.33. The fourth-order valence-electron chi connectivity index (χ4n) is 3.15. The molecule has 5 nitrogen and oxygen atoms in total. The molecule has 1 amide bonds. The van der Waals surface area contributed by atoms with Gasteiger partial charge < -0.3 is 9.64 Å². The first kappa shape index (κ1) is 18.5. The van der Waals surface area contributed by atoms with E-state index in [9.17, 15) is 13.2 Å². The van der Waals surface area contributed by atoms with Crippen LogP contribution in [0.4, 0.5) is 5.69 Å². The molecule has 0 radical (unpaired) electrons. The van der Waals surface area contributed by atoms with Gasteiger partial charge in [-0.2, -0.15) is 0 Å². The normalized spacial score (nSPS) is 14.2. The smallest absolute Gasteiger partial charge is 0.262 e. The molecule has 0 fully saturated rings. The van der Waals surface area contributed by atoms with E-state index >= 15 is 0 Å². The third kappa shape index (κ3) is 3.75. The molecule has 0 bridgehead atoms. The molecule has 6 heteroatoms. The monoisotopic (exact) mass is 373 g/mol. The molecule has 0 aliphatic carbocycles. The Kier molecular flexibility index (Phi) is 5.05. The van der Waals surface area contributed by atoms with Crippen molar-refractivity contribution in [3.05, 3.63) is 53.6 Å². The number of ether oxygens (including phenoxy) is 1. The third-order valence-corrected chi connectivity index (χ3v) is 5.44. The SMILES string of the molecule is CC(C)Oc1ccc(S(C)(=O)=O)cc1C(=O)N1CCCc2ccccc21. The van der Waals surface area contributed by atoms with Crippen LogP contribution < -0.4 is 9.64 Å². The van der Waals surface area contributed by atoms with Gasteiger partial charge in [-0.1, -0.05) is 18.2 Å². The number of aryl methyl sites for hydroxylation is 1. The van der Waals surface area contributed by atoms with E-state index in [0.717, 1.165) is 30.3 Å². The molecule has 3 rings (SSSR count). The minimum Gasteiger partial charge on any atom is -0.490 e. The van der Waals surface area contributed by atoms with Crippen LogP contribution in [-0.4, -0.2) is 33.2 Å². The maximum atomic E-state index is 13.3. The maximum Gasteiger partial charge on any atom is 0.262 e. The van der Waals surface area contributed by atoms with Crippen LogP contribution in [0.25, 0.3) is 0 Å². The van der Waals surface area contributed by atoms with E-state index < -0.39 is 9.84 Å². The van der Waals surface area contributed by atoms with Crippen molar-refractivity contribution < 1.29 is 17.9 Å². The minimum atomic E-state index is -3.42. The summed E-state index contributed by atoms with van der Waals surface area (Å²) in [5.74, 6) is 0.166. The lowest BCUT2D eigenvalue weighted by Crippen LogP contribution is -2.36. The highest BCUT2D eigenvalue weighted by Crippen LogP contribution is 2.31. The standard InChI is InChI=1S/C20H23NO4S/c1-14(2)25-19-11-10-16(26(3,23)24)13-17(19)20(22)21-12-6-8-15-7-4-5-9-18(15)21/h4-5,7,9-11,13-14H,6,8,12H2,1-3H3. The lowest BCUT2D eigenvalue weighted by atomic mass is 10.0. The van der Waals surface area contributed by atoms with Gasteiger partial charge in [-0.05, 0) is 56.5 Å². The molecular formula is C20H23NO4S. The number of benzene rings is 2. The van der Waals surface area contributed by atoms with Gasteiger partial charge >= 0.3 is 0 Å². The Hall–Kier alpha value is -2.34. The van der Waals surface area contributed by atoms with Crippen molar-refractivity contribution >= 4 is 21.4 Å². The molecule has 0 saturated heterocycles. The zero-order chi connectivity index (χ0) is 18.9. The van der Waals surface area contributed by atoms with Crippen LogP contribution in [0.2, 0.25) is 0 Å². The summed E-state index contributed by atoms with van der Waals surface area (Å²) in [5.41, 5.74) is 2.28. The van der Waals surface area contributed by atoms with E-state index in [2.05, 4.69) is 0 Å². The highest BCUT2D eigenvalue weighted by Gasteiger charge is 2.27. The van der Waals surface area contributed by atoms with Crippen LogP contribution in [0.1, 0.15) is 36.2 Å². The topological polar surface area (TPSA) is 63.7 Å². The van der Waals surface area contributed by atoms with E-state index in [-0.39, 0.29) is 22.5 Å². The number of fused-ring (bicyclic) bond motifs is 1. The van der Waals surface area contributed by atoms with Gasteiger partial charge in [0.2, 0.25) is 0 Å². The van der Waals surface area contributed by atoms with E-state index in [0.29, 0.717) is 12.3 Å². The predicted molar refractivity (Wildman–Crippen MR) is 102 cm³/mol. The Labute approximate surface area is 154 Å². The zero-order valence-electron chi connectivity index (χ0n) is 15.2. The summed E-state index contributed by atoms with van der Waals surface area (Å²) in [5, 5.41) is 0. The number of carbonyl (C=O) groups excluding carboxylic acids is 1. The number of hydrogen-bond donors (Lipinski definition) is 0. The number of carbonyl (C=O) groups is 1. The van der Waals surface area contributed by atoms with Crippen LogP contribution in [0.5, 0.6) is 5.75 Å². The molecule has 0 saturated carbocycles. The van der Waals surface area contributed by atoms with E-state index in [1.54, 1.807) is 11.0 Å². The first-order valence-corrected chi connectivity index (χ1v) is 10.6. The Morgan fingerprint density at radius 1 is 1.15 bits per heavy atom. The molecule has 2 aromatic rings. The molecule has 26 heavy (non-hydrogen) atoms. The summed E-state index contributed by atoms with van der Waals surface area (Å²) >= 11 is 0. The molecule has 0 aromatic heterocycles. The van der Waals surface area contributed by atoms with E-state index in [1.165, 1.54) is 12.1 Å². The Morgan fingerprint density at radius 2 is 1.88 bits per heavy atom. The second-order valence-electron chi connectivity index (χ2n) is 6.79. The number of para-hydroxylation sites is 1. The van der Waals surface area contributed by atoms with Crippen LogP contribution in [-0.2, 0) is 16.3 Å². The van der Waals surface area contributed by atoms with E-state index in [4.69, 9.17) is 4.74 Å². The molecule has 1 aliphatic heterocycles. The van der Waals surface area contributed by atoms with Crippen molar-refractivity contribution in [2.75, 3.05) is 17.7 Å². The molecular weight excluding hydrogens is 350 g/mol. The van der Waals surface area contributed by atoms with Crippen molar-refractivity contribution in [3.63, 3.8) is 0 Å². The molecule has 2 aromatic carbocycles. The van der Waals surface area contributed by atoms with Gasteiger partial charge in [0.1, 0.15) is 5.75 Å². The van der Waals surface area contributed by atoms with E-state index in [1.807, 2.05) is 38.1 Å². The second-order valence-corrected chi connectivity index (χ2v) is 8.80. The van der Waals surface area contributed by atoms with Gasteiger partial charge in [-0.25, -0.2) is 8.42 Å². The average Bonchev–Trinajstić information content (AvgIpc) is 2.59. The molecule has 0 spiro atoms. The van der Waals surface area contributed by atoms with Crippen LogP contribution in [0.3, 0.4) is 0 Å². The second kappa shape index (κ2) is 7.11. The van der Waals surface area contributed by atoms with Gasteiger partial charge in [-0.3, -0.25) is 4.79 Å². The summed E-state index contributed by atoms with van der Waals surface area (Å²) in [6, 6.07) is 12.3. The van der Waals surface area contributed by atoms with Gasteiger partial charge in [0, 0.05) is 18.5 Å². The van der Waals surface area contributed by atoms with Crippen molar-refractivity contribution in [2.45, 2.75) is 37.7 Å². The van der Waals surface area contributed by atoms with Crippen molar-refractivity contribution in [1.82, 2.24) is 0 Å². The van der Waals surface area contributed by atoms with Gasteiger partial charge in [0.25, 0.3) is 5.91 Å². The Balaban J connectivity index is 2.08. The summed E-state index contributed by atoms with van der Waals surface area (Å²) < 4.78 is 29.7. The molecule has 138 valence electrons. The zero-order valence-corrected chi connectivity index (χ0v) is 16.0. The van der Waals surface area contributed by atoms with Crippen LogP contribution in [0.15, 0.2) is 47.4 Å². The molecule has 1 heterocycles. The number of amides is 1. The Morgan fingerprint density at radius 3 is 2.58 bits per heavy atom. The quantitative estimate of drug-likeness (QED) is 0.823. The lowest BCUT2D eigenvalue weighted by Gasteiger charge is -2.30. The van der Waals surface area contributed by atoms with Crippen LogP contribution in [0, 0.1) is 0 Å².